The molecule has 2 N–H and O–H groups in total. The highest BCUT2D eigenvalue weighted by Crippen LogP contribution is 2.26. The molecular formula is C12H15N3O. The molecule has 1 aliphatic heterocycles. The van der Waals surface area contributed by atoms with Crippen LogP contribution in [0, 0.1) is 6.92 Å². The van der Waals surface area contributed by atoms with Crippen LogP contribution in [0.4, 0.5) is 0 Å². The van der Waals surface area contributed by atoms with Gasteiger partial charge in [-0.25, -0.2) is 4.98 Å². The van der Waals surface area contributed by atoms with Crippen molar-refractivity contribution in [1.29, 1.82) is 0 Å². The summed E-state index contributed by atoms with van der Waals surface area (Å²) in [6, 6.07) is 3.91. The first-order valence-corrected chi connectivity index (χ1v) is 5.64. The largest absolute Gasteiger partial charge is 0.460 e. The Balaban J connectivity index is 2.04. The van der Waals surface area contributed by atoms with Gasteiger partial charge in [0.15, 0.2) is 5.76 Å². The maximum absolute atomic E-state index is 6.04. The molecular weight excluding hydrogens is 202 g/mol. The molecule has 0 fully saturated rings. The third kappa shape index (κ3) is 1.46. The van der Waals surface area contributed by atoms with Gasteiger partial charge in [-0.2, -0.15) is 0 Å². The molecule has 0 aliphatic carbocycles. The Labute approximate surface area is 94.1 Å². The number of hydrogen-bond donors (Lipinski definition) is 1. The summed E-state index contributed by atoms with van der Waals surface area (Å²) in [5.74, 6) is 2.81. The summed E-state index contributed by atoms with van der Waals surface area (Å²) in [6.07, 6.45) is 5.22. The second-order valence-corrected chi connectivity index (χ2v) is 4.32. The lowest BCUT2D eigenvalue weighted by atomic mass is 10.1. The summed E-state index contributed by atoms with van der Waals surface area (Å²) >= 11 is 0. The van der Waals surface area contributed by atoms with Crippen LogP contribution < -0.4 is 5.73 Å². The van der Waals surface area contributed by atoms with Crippen molar-refractivity contribution in [1.82, 2.24) is 9.55 Å². The fourth-order valence-corrected chi connectivity index (χ4v) is 2.20. The summed E-state index contributed by atoms with van der Waals surface area (Å²) in [5, 5.41) is 0. The Kier molecular flexibility index (Phi) is 2.11. The van der Waals surface area contributed by atoms with Crippen molar-refractivity contribution < 1.29 is 4.42 Å². The van der Waals surface area contributed by atoms with E-state index in [1.165, 1.54) is 0 Å². The van der Waals surface area contributed by atoms with Crippen LogP contribution in [0.15, 0.2) is 22.7 Å². The summed E-state index contributed by atoms with van der Waals surface area (Å²) in [7, 11) is 0. The van der Waals surface area contributed by atoms with Crippen LogP contribution in [0.1, 0.15) is 30.6 Å². The van der Waals surface area contributed by atoms with E-state index >= 15 is 0 Å². The Bertz CT molecular complexity index is 512. The predicted octanol–water partition coefficient (Wildman–Crippen LogP) is 2.25. The molecule has 0 radical (unpaired) electrons. The highest BCUT2D eigenvalue weighted by molar-refractivity contribution is 5.51. The number of aromatic nitrogens is 2. The normalized spacial score (nSPS) is 19.8. The Morgan fingerprint density at radius 2 is 2.38 bits per heavy atom. The van der Waals surface area contributed by atoms with Crippen molar-refractivity contribution in [3.05, 3.63) is 29.9 Å². The lowest BCUT2D eigenvalue weighted by Gasteiger charge is -2.20. The zero-order valence-electron chi connectivity index (χ0n) is 9.31. The van der Waals surface area contributed by atoms with Crippen LogP contribution in [0.2, 0.25) is 0 Å². The van der Waals surface area contributed by atoms with Gasteiger partial charge in [-0.1, -0.05) is 0 Å². The quantitative estimate of drug-likeness (QED) is 0.797. The molecule has 16 heavy (non-hydrogen) atoms. The van der Waals surface area contributed by atoms with Crippen molar-refractivity contribution in [2.45, 2.75) is 32.4 Å². The molecule has 84 valence electrons. The predicted molar refractivity (Wildman–Crippen MR) is 60.8 cm³/mol. The molecule has 2 aromatic rings. The minimum atomic E-state index is 0.0704. The Hall–Kier alpha value is -1.55. The molecule has 3 heterocycles. The number of imidazole rings is 1. The smallest absolute Gasteiger partial charge is 0.154 e. The second-order valence-electron chi connectivity index (χ2n) is 4.32. The van der Waals surface area contributed by atoms with Crippen molar-refractivity contribution in [2.24, 2.45) is 5.73 Å². The third-order valence-electron chi connectivity index (χ3n) is 3.06. The molecule has 4 nitrogen and oxygen atoms in total. The minimum absolute atomic E-state index is 0.0704. The van der Waals surface area contributed by atoms with Gasteiger partial charge in [-0.15, -0.1) is 0 Å². The minimum Gasteiger partial charge on any atom is -0.460 e. The fraction of sp³-hybridized carbons (Fsp3) is 0.417. The molecule has 2 aromatic heterocycles. The number of nitrogens with two attached hydrogens (primary N) is 1. The van der Waals surface area contributed by atoms with E-state index in [1.54, 1.807) is 0 Å². The first-order valence-electron chi connectivity index (χ1n) is 5.64. The molecule has 0 spiro atoms. The fourth-order valence-electron chi connectivity index (χ4n) is 2.20. The SMILES string of the molecule is Cc1ccc(-c2cn3c(n2)CCCC3N)o1. The van der Waals surface area contributed by atoms with Crippen molar-refractivity contribution in [2.75, 3.05) is 0 Å². The van der Waals surface area contributed by atoms with Gasteiger partial charge in [-0.3, -0.25) is 0 Å². The number of nitrogens with zero attached hydrogens (tertiary/aromatic N) is 2. The van der Waals surface area contributed by atoms with Crippen molar-refractivity contribution in [3.63, 3.8) is 0 Å². The molecule has 0 amide bonds. The van der Waals surface area contributed by atoms with E-state index in [-0.39, 0.29) is 6.17 Å². The average molecular weight is 217 g/mol. The number of furan rings is 1. The molecule has 1 aliphatic rings. The van der Waals surface area contributed by atoms with Crippen LogP contribution in [0.5, 0.6) is 0 Å². The first-order chi connectivity index (χ1) is 7.74. The Morgan fingerprint density at radius 3 is 3.06 bits per heavy atom. The lowest BCUT2D eigenvalue weighted by molar-refractivity contribution is 0.408. The highest BCUT2D eigenvalue weighted by atomic mass is 16.3. The molecule has 0 saturated carbocycles. The van der Waals surface area contributed by atoms with E-state index in [1.807, 2.05) is 25.3 Å². The van der Waals surface area contributed by atoms with Crippen LogP contribution >= 0.6 is 0 Å². The Morgan fingerprint density at radius 1 is 1.50 bits per heavy atom. The van der Waals surface area contributed by atoms with E-state index in [4.69, 9.17) is 10.2 Å². The summed E-state index contributed by atoms with van der Waals surface area (Å²) in [5.41, 5.74) is 6.92. The van der Waals surface area contributed by atoms with Gasteiger partial charge in [0.25, 0.3) is 0 Å². The van der Waals surface area contributed by atoms with E-state index < -0.39 is 0 Å². The highest BCUT2D eigenvalue weighted by Gasteiger charge is 2.19. The van der Waals surface area contributed by atoms with Crippen molar-refractivity contribution >= 4 is 0 Å². The second kappa shape index (κ2) is 3.49. The molecule has 0 bridgehead atoms. The van der Waals surface area contributed by atoms with E-state index in [9.17, 15) is 0 Å². The standard InChI is InChI=1S/C12H15N3O/c1-8-5-6-10(16-8)9-7-15-11(13)3-2-4-12(15)14-9/h5-7,11H,2-4,13H2,1H3. The van der Waals surface area contributed by atoms with Crippen LogP contribution in [-0.2, 0) is 6.42 Å². The van der Waals surface area contributed by atoms with Gasteiger partial charge >= 0.3 is 0 Å². The number of fused-ring (bicyclic) bond motifs is 1. The number of hydrogen-bond acceptors (Lipinski definition) is 3. The molecule has 1 unspecified atom stereocenters. The van der Waals surface area contributed by atoms with Crippen molar-refractivity contribution in [3.8, 4) is 11.5 Å². The lowest BCUT2D eigenvalue weighted by Crippen LogP contribution is -2.24. The van der Waals surface area contributed by atoms with E-state index in [2.05, 4.69) is 9.55 Å². The van der Waals surface area contributed by atoms with Gasteiger partial charge in [0.2, 0.25) is 0 Å². The van der Waals surface area contributed by atoms with Gasteiger partial charge in [-0.05, 0) is 31.9 Å². The molecule has 0 saturated heterocycles. The zero-order chi connectivity index (χ0) is 11.1. The summed E-state index contributed by atoms with van der Waals surface area (Å²) in [6.45, 7) is 1.94. The molecule has 0 aromatic carbocycles. The average Bonchev–Trinajstić information content (AvgIpc) is 2.84. The topological polar surface area (TPSA) is 57.0 Å². The first kappa shape index (κ1) is 9.66. The van der Waals surface area contributed by atoms with Crippen LogP contribution in [-0.4, -0.2) is 9.55 Å². The number of rotatable bonds is 1. The molecule has 1 atom stereocenters. The maximum atomic E-state index is 6.04. The monoisotopic (exact) mass is 217 g/mol. The number of aryl methyl sites for hydroxylation is 2. The maximum Gasteiger partial charge on any atom is 0.154 e. The molecule has 3 rings (SSSR count). The summed E-state index contributed by atoms with van der Waals surface area (Å²) in [4.78, 5) is 4.57. The molecule has 4 heteroatoms. The van der Waals surface area contributed by atoms with Gasteiger partial charge in [0, 0.05) is 12.6 Å². The van der Waals surface area contributed by atoms with E-state index in [0.717, 1.165) is 42.3 Å². The van der Waals surface area contributed by atoms with Crippen LogP contribution in [0.3, 0.4) is 0 Å². The van der Waals surface area contributed by atoms with Crippen LogP contribution in [0.25, 0.3) is 11.5 Å². The van der Waals surface area contributed by atoms with Gasteiger partial charge in [0.1, 0.15) is 17.3 Å². The summed E-state index contributed by atoms with van der Waals surface area (Å²) < 4.78 is 7.63. The van der Waals surface area contributed by atoms with E-state index in [0.29, 0.717) is 0 Å². The van der Waals surface area contributed by atoms with Gasteiger partial charge < -0.3 is 14.7 Å². The van der Waals surface area contributed by atoms with Gasteiger partial charge in [0.05, 0.1) is 6.17 Å². The third-order valence-corrected chi connectivity index (χ3v) is 3.06. The zero-order valence-corrected chi connectivity index (χ0v) is 9.31.